The van der Waals surface area contributed by atoms with Crippen molar-refractivity contribution in [2.75, 3.05) is 4.72 Å². The SMILES string of the molecule is CC(C)NCc1ccc(S(=O)(=O)Nc2ccsc2)c(F)c1. The van der Waals surface area contributed by atoms with Gasteiger partial charge in [0.15, 0.2) is 0 Å². The molecular weight excluding hydrogens is 311 g/mol. The van der Waals surface area contributed by atoms with Gasteiger partial charge >= 0.3 is 0 Å². The number of rotatable bonds is 6. The van der Waals surface area contributed by atoms with Gasteiger partial charge in [0.1, 0.15) is 10.7 Å². The van der Waals surface area contributed by atoms with E-state index in [2.05, 4.69) is 10.0 Å². The monoisotopic (exact) mass is 328 g/mol. The molecule has 7 heteroatoms. The van der Waals surface area contributed by atoms with Crippen LogP contribution >= 0.6 is 11.3 Å². The molecule has 0 aliphatic carbocycles. The number of benzene rings is 1. The first kappa shape index (κ1) is 15.9. The van der Waals surface area contributed by atoms with Gasteiger partial charge in [0.05, 0.1) is 5.69 Å². The third kappa shape index (κ3) is 4.26. The summed E-state index contributed by atoms with van der Waals surface area (Å²) in [6, 6.07) is 6.05. The first-order chi connectivity index (χ1) is 9.88. The second kappa shape index (κ2) is 6.55. The first-order valence-electron chi connectivity index (χ1n) is 6.45. The van der Waals surface area contributed by atoms with Gasteiger partial charge in [-0.15, -0.1) is 0 Å². The third-order valence-corrected chi connectivity index (χ3v) is 4.87. The molecule has 1 heterocycles. The topological polar surface area (TPSA) is 58.2 Å². The zero-order chi connectivity index (χ0) is 15.5. The van der Waals surface area contributed by atoms with Crippen molar-refractivity contribution in [1.82, 2.24) is 5.32 Å². The molecule has 0 aliphatic heterocycles. The zero-order valence-electron chi connectivity index (χ0n) is 11.8. The van der Waals surface area contributed by atoms with E-state index in [1.54, 1.807) is 22.9 Å². The van der Waals surface area contributed by atoms with Crippen molar-refractivity contribution in [3.63, 3.8) is 0 Å². The molecule has 1 aromatic carbocycles. The minimum absolute atomic E-state index is 0.275. The maximum atomic E-state index is 14.1. The number of nitrogens with one attached hydrogen (secondary N) is 2. The number of halogens is 1. The second-order valence-electron chi connectivity index (χ2n) is 4.92. The maximum absolute atomic E-state index is 14.1. The van der Waals surface area contributed by atoms with Crippen LogP contribution in [0.5, 0.6) is 0 Å². The Kier molecular flexibility index (Phi) is 4.97. The lowest BCUT2D eigenvalue weighted by molar-refractivity contribution is 0.560. The van der Waals surface area contributed by atoms with Gasteiger partial charge in [-0.1, -0.05) is 19.9 Å². The van der Waals surface area contributed by atoms with Crippen LogP contribution in [0.1, 0.15) is 19.4 Å². The smallest absolute Gasteiger partial charge is 0.264 e. The van der Waals surface area contributed by atoms with E-state index in [0.717, 1.165) is 0 Å². The summed E-state index contributed by atoms with van der Waals surface area (Å²) < 4.78 is 40.7. The molecular formula is C14H17FN2O2S2. The average Bonchev–Trinajstić information content (AvgIpc) is 2.88. The van der Waals surface area contributed by atoms with Gasteiger partial charge in [-0.2, -0.15) is 11.3 Å². The second-order valence-corrected chi connectivity index (χ2v) is 7.35. The fourth-order valence-electron chi connectivity index (χ4n) is 1.73. The molecule has 0 unspecified atom stereocenters. The van der Waals surface area contributed by atoms with E-state index in [1.807, 2.05) is 13.8 Å². The number of sulfonamides is 1. The summed E-state index contributed by atoms with van der Waals surface area (Å²) in [5.41, 5.74) is 1.14. The number of hydrogen-bond acceptors (Lipinski definition) is 4. The minimum atomic E-state index is -3.90. The molecule has 2 N–H and O–H groups in total. The van der Waals surface area contributed by atoms with Crippen LogP contribution in [0, 0.1) is 5.82 Å². The van der Waals surface area contributed by atoms with Crippen LogP contribution in [0.3, 0.4) is 0 Å². The lowest BCUT2D eigenvalue weighted by Gasteiger charge is -2.11. The predicted molar refractivity (Wildman–Crippen MR) is 83.5 cm³/mol. The van der Waals surface area contributed by atoms with Crippen molar-refractivity contribution in [3.05, 3.63) is 46.4 Å². The molecule has 0 atom stereocenters. The van der Waals surface area contributed by atoms with Gasteiger partial charge in [0.25, 0.3) is 10.0 Å². The minimum Gasteiger partial charge on any atom is -0.310 e. The number of anilines is 1. The molecule has 1 aromatic heterocycles. The van der Waals surface area contributed by atoms with Crippen molar-refractivity contribution in [2.24, 2.45) is 0 Å². The third-order valence-electron chi connectivity index (χ3n) is 2.77. The van der Waals surface area contributed by atoms with Crippen molar-refractivity contribution in [3.8, 4) is 0 Å². The highest BCUT2D eigenvalue weighted by Crippen LogP contribution is 2.21. The summed E-state index contributed by atoms with van der Waals surface area (Å²) in [7, 11) is -3.90. The normalized spacial score (nSPS) is 11.8. The van der Waals surface area contributed by atoms with Crippen LogP contribution in [0.2, 0.25) is 0 Å². The van der Waals surface area contributed by atoms with E-state index in [9.17, 15) is 12.8 Å². The maximum Gasteiger partial charge on any atom is 0.264 e. The summed E-state index contributed by atoms with van der Waals surface area (Å²) >= 11 is 1.36. The van der Waals surface area contributed by atoms with Crippen molar-refractivity contribution in [2.45, 2.75) is 31.3 Å². The van der Waals surface area contributed by atoms with E-state index in [-0.39, 0.29) is 10.9 Å². The molecule has 0 amide bonds. The van der Waals surface area contributed by atoms with Crippen LogP contribution in [-0.4, -0.2) is 14.5 Å². The molecule has 2 aromatic rings. The molecule has 21 heavy (non-hydrogen) atoms. The van der Waals surface area contributed by atoms with E-state index < -0.39 is 15.8 Å². The molecule has 4 nitrogen and oxygen atoms in total. The summed E-state index contributed by atoms with van der Waals surface area (Å²) in [5, 5.41) is 6.55. The quantitative estimate of drug-likeness (QED) is 0.856. The van der Waals surface area contributed by atoms with Gasteiger partial charge in [-0.3, -0.25) is 4.72 Å². The lowest BCUT2D eigenvalue weighted by Crippen LogP contribution is -2.22. The Morgan fingerprint density at radius 2 is 2.05 bits per heavy atom. The predicted octanol–water partition coefficient (Wildman–Crippen LogP) is 3.19. The molecule has 0 aliphatic rings. The Hall–Kier alpha value is -1.44. The Bertz CT molecular complexity index is 698. The average molecular weight is 328 g/mol. The summed E-state index contributed by atoms with van der Waals surface area (Å²) in [4.78, 5) is -0.345. The molecule has 0 fully saturated rings. The summed E-state index contributed by atoms with van der Waals surface area (Å²) in [6.07, 6.45) is 0. The van der Waals surface area contributed by atoms with Gasteiger partial charge in [0.2, 0.25) is 0 Å². The van der Waals surface area contributed by atoms with Gasteiger partial charge in [-0.25, -0.2) is 12.8 Å². The van der Waals surface area contributed by atoms with E-state index in [0.29, 0.717) is 17.8 Å². The highest BCUT2D eigenvalue weighted by Gasteiger charge is 2.19. The Morgan fingerprint density at radius 1 is 1.29 bits per heavy atom. The Labute approximate surface area is 128 Å². The summed E-state index contributed by atoms with van der Waals surface area (Å²) in [6.45, 7) is 4.47. The van der Waals surface area contributed by atoms with Crippen molar-refractivity contribution >= 4 is 27.0 Å². The molecule has 0 radical (unpaired) electrons. The van der Waals surface area contributed by atoms with Crippen LogP contribution in [0.25, 0.3) is 0 Å². The molecule has 114 valence electrons. The van der Waals surface area contributed by atoms with Gasteiger partial charge in [-0.05, 0) is 29.1 Å². The number of thiophene rings is 1. The van der Waals surface area contributed by atoms with Crippen LogP contribution in [-0.2, 0) is 16.6 Å². The molecule has 0 saturated carbocycles. The van der Waals surface area contributed by atoms with E-state index >= 15 is 0 Å². The zero-order valence-corrected chi connectivity index (χ0v) is 13.4. The van der Waals surface area contributed by atoms with Crippen molar-refractivity contribution in [1.29, 1.82) is 0 Å². The highest BCUT2D eigenvalue weighted by atomic mass is 32.2. The van der Waals surface area contributed by atoms with E-state index in [4.69, 9.17) is 0 Å². The standard InChI is InChI=1S/C14H17FN2O2S2/c1-10(2)16-8-11-3-4-14(13(15)7-11)21(18,19)17-12-5-6-20-9-12/h3-7,9-10,16-17H,8H2,1-2H3. The van der Waals surface area contributed by atoms with Crippen LogP contribution < -0.4 is 10.0 Å². The van der Waals surface area contributed by atoms with Crippen LogP contribution in [0.4, 0.5) is 10.1 Å². The van der Waals surface area contributed by atoms with Gasteiger partial charge in [0, 0.05) is 18.0 Å². The van der Waals surface area contributed by atoms with Crippen molar-refractivity contribution < 1.29 is 12.8 Å². The summed E-state index contributed by atoms with van der Waals surface area (Å²) in [5.74, 6) is -0.749. The fourth-order valence-corrected chi connectivity index (χ4v) is 3.50. The van der Waals surface area contributed by atoms with Gasteiger partial charge < -0.3 is 5.32 Å². The lowest BCUT2D eigenvalue weighted by atomic mass is 10.2. The molecule has 2 rings (SSSR count). The van der Waals surface area contributed by atoms with Crippen LogP contribution in [0.15, 0.2) is 39.9 Å². The Balaban J connectivity index is 2.20. The Morgan fingerprint density at radius 3 is 2.62 bits per heavy atom. The molecule has 0 bridgehead atoms. The first-order valence-corrected chi connectivity index (χ1v) is 8.88. The van der Waals surface area contributed by atoms with E-state index in [1.165, 1.54) is 23.5 Å². The number of hydrogen-bond donors (Lipinski definition) is 2. The largest absolute Gasteiger partial charge is 0.310 e. The fraction of sp³-hybridized carbons (Fsp3) is 0.286. The molecule has 0 spiro atoms. The highest BCUT2D eigenvalue weighted by molar-refractivity contribution is 7.92. The molecule has 0 saturated heterocycles.